The number of hydrogen-bond donors (Lipinski definition) is 2. The molecule has 2 heterocycles. The Bertz CT molecular complexity index is 1060. The normalized spacial score (nSPS) is 11.9. The van der Waals surface area contributed by atoms with E-state index in [9.17, 15) is 14.0 Å². The highest BCUT2D eigenvalue weighted by atomic mass is 32.2. The van der Waals surface area contributed by atoms with E-state index in [1.54, 1.807) is 24.6 Å². The minimum atomic E-state index is -0.588. The number of thioether (sulfide) groups is 1. The summed E-state index contributed by atoms with van der Waals surface area (Å²) in [5.74, 6) is -0.825. The SMILES string of the molecule is Cc1nc(NC(=O)C(C)Sc2nnc(CNC(=O)c3ccccc3F)n2C)sc1C. The lowest BCUT2D eigenvalue weighted by Gasteiger charge is -2.10. The number of aromatic nitrogens is 4. The van der Waals surface area contributed by atoms with Crippen LogP contribution in [0.5, 0.6) is 0 Å². The quantitative estimate of drug-likeness (QED) is 0.539. The standard InChI is InChI=1S/C19H21FN6O2S2/c1-10-11(2)29-18(22-10)23-16(27)12(3)30-19-25-24-15(26(19)4)9-21-17(28)13-7-5-6-8-14(13)20/h5-8,12H,9H2,1-4H3,(H,21,28)(H,22,23,27). The number of anilines is 1. The van der Waals surface area contributed by atoms with Gasteiger partial charge in [-0.25, -0.2) is 9.37 Å². The van der Waals surface area contributed by atoms with Crippen LogP contribution in [0.4, 0.5) is 9.52 Å². The van der Waals surface area contributed by atoms with Crippen molar-refractivity contribution in [2.45, 2.75) is 37.7 Å². The van der Waals surface area contributed by atoms with Crippen LogP contribution in [0.15, 0.2) is 29.4 Å². The zero-order chi connectivity index (χ0) is 21.8. The number of nitrogens with zero attached hydrogens (tertiary/aromatic N) is 4. The van der Waals surface area contributed by atoms with Crippen LogP contribution in [-0.2, 0) is 18.4 Å². The van der Waals surface area contributed by atoms with Crippen molar-refractivity contribution in [3.63, 3.8) is 0 Å². The van der Waals surface area contributed by atoms with Gasteiger partial charge in [-0.1, -0.05) is 23.9 Å². The first-order chi connectivity index (χ1) is 14.3. The highest BCUT2D eigenvalue weighted by molar-refractivity contribution is 8.00. The number of nitrogens with one attached hydrogen (secondary N) is 2. The number of aryl methyl sites for hydroxylation is 2. The van der Waals surface area contributed by atoms with Crippen LogP contribution in [0, 0.1) is 19.7 Å². The molecule has 0 radical (unpaired) electrons. The van der Waals surface area contributed by atoms with Gasteiger partial charge in [-0.2, -0.15) is 0 Å². The molecule has 30 heavy (non-hydrogen) atoms. The highest BCUT2D eigenvalue weighted by Gasteiger charge is 2.20. The zero-order valence-electron chi connectivity index (χ0n) is 16.9. The summed E-state index contributed by atoms with van der Waals surface area (Å²) in [6, 6.07) is 5.75. The topological polar surface area (TPSA) is 102 Å². The summed E-state index contributed by atoms with van der Waals surface area (Å²) in [6.07, 6.45) is 0. The second-order valence-corrected chi connectivity index (χ2v) is 9.04. The van der Waals surface area contributed by atoms with Crippen molar-refractivity contribution in [1.82, 2.24) is 25.1 Å². The molecule has 0 saturated carbocycles. The highest BCUT2D eigenvalue weighted by Crippen LogP contribution is 2.25. The van der Waals surface area contributed by atoms with Gasteiger partial charge < -0.3 is 15.2 Å². The zero-order valence-corrected chi connectivity index (χ0v) is 18.5. The smallest absolute Gasteiger partial charge is 0.254 e. The van der Waals surface area contributed by atoms with Gasteiger partial charge in [-0.3, -0.25) is 9.59 Å². The first-order valence-electron chi connectivity index (χ1n) is 9.08. The van der Waals surface area contributed by atoms with Gasteiger partial charge in [0.15, 0.2) is 16.1 Å². The van der Waals surface area contributed by atoms with Gasteiger partial charge in [0.1, 0.15) is 5.82 Å². The van der Waals surface area contributed by atoms with Crippen molar-refractivity contribution >= 4 is 40.0 Å². The van der Waals surface area contributed by atoms with Crippen LogP contribution < -0.4 is 10.6 Å². The Hall–Kier alpha value is -2.79. The Morgan fingerprint density at radius 2 is 2.00 bits per heavy atom. The number of thiazole rings is 1. The molecular formula is C19H21FN6O2S2. The average molecular weight is 449 g/mol. The van der Waals surface area contributed by atoms with Crippen molar-refractivity contribution in [3.8, 4) is 0 Å². The van der Waals surface area contributed by atoms with Gasteiger partial charge >= 0.3 is 0 Å². The van der Waals surface area contributed by atoms with E-state index in [2.05, 4.69) is 25.8 Å². The molecule has 0 saturated heterocycles. The molecular weight excluding hydrogens is 427 g/mol. The third-order valence-corrected chi connectivity index (χ3v) is 6.48. The second kappa shape index (κ2) is 9.35. The van der Waals surface area contributed by atoms with Crippen LogP contribution in [-0.4, -0.2) is 36.8 Å². The average Bonchev–Trinajstić information content (AvgIpc) is 3.21. The van der Waals surface area contributed by atoms with Crippen LogP contribution in [0.25, 0.3) is 0 Å². The maximum Gasteiger partial charge on any atom is 0.254 e. The number of amides is 2. The lowest BCUT2D eigenvalue weighted by molar-refractivity contribution is -0.115. The van der Waals surface area contributed by atoms with E-state index in [1.165, 1.54) is 41.3 Å². The third-order valence-electron chi connectivity index (χ3n) is 4.36. The number of carbonyl (C=O) groups is 2. The molecule has 0 bridgehead atoms. The molecule has 1 unspecified atom stereocenters. The molecule has 11 heteroatoms. The number of rotatable bonds is 7. The molecule has 0 aliphatic rings. The molecule has 2 aromatic heterocycles. The van der Waals surface area contributed by atoms with Crippen LogP contribution >= 0.6 is 23.1 Å². The van der Waals surface area contributed by atoms with Crippen LogP contribution in [0.1, 0.15) is 33.7 Å². The van der Waals surface area contributed by atoms with E-state index in [1.807, 2.05) is 13.8 Å². The third kappa shape index (κ3) is 5.03. The van der Waals surface area contributed by atoms with E-state index in [0.29, 0.717) is 16.1 Å². The minimum absolute atomic E-state index is 0.0350. The van der Waals surface area contributed by atoms with Gasteiger partial charge in [0.2, 0.25) is 5.91 Å². The molecule has 2 N–H and O–H groups in total. The molecule has 0 fully saturated rings. The monoisotopic (exact) mass is 448 g/mol. The lowest BCUT2D eigenvalue weighted by Crippen LogP contribution is -2.25. The summed E-state index contributed by atoms with van der Waals surface area (Å²) in [5.41, 5.74) is 0.859. The Labute approximate surface area is 181 Å². The van der Waals surface area contributed by atoms with E-state index < -0.39 is 17.0 Å². The predicted octanol–water partition coefficient (Wildman–Crippen LogP) is 3.08. The summed E-state index contributed by atoms with van der Waals surface area (Å²) in [4.78, 5) is 30.0. The molecule has 8 nitrogen and oxygen atoms in total. The fourth-order valence-corrected chi connectivity index (χ4v) is 4.10. The van der Waals surface area contributed by atoms with Crippen molar-refractivity contribution in [2.75, 3.05) is 5.32 Å². The lowest BCUT2D eigenvalue weighted by atomic mass is 10.2. The summed E-state index contributed by atoms with van der Waals surface area (Å²) in [6.45, 7) is 5.69. The van der Waals surface area contributed by atoms with E-state index in [-0.39, 0.29) is 18.0 Å². The Morgan fingerprint density at radius 1 is 1.27 bits per heavy atom. The maximum absolute atomic E-state index is 13.7. The molecule has 1 atom stereocenters. The summed E-state index contributed by atoms with van der Waals surface area (Å²) in [5, 5.41) is 14.2. The molecule has 2 amide bonds. The first-order valence-corrected chi connectivity index (χ1v) is 10.8. The number of carbonyl (C=O) groups excluding carboxylic acids is 2. The Kier molecular flexibility index (Phi) is 6.83. The molecule has 1 aromatic carbocycles. The van der Waals surface area contributed by atoms with Crippen molar-refractivity contribution in [1.29, 1.82) is 0 Å². The first kappa shape index (κ1) is 21.9. The predicted molar refractivity (Wildman–Crippen MR) is 114 cm³/mol. The molecule has 3 rings (SSSR count). The number of benzene rings is 1. The number of halogens is 1. The van der Waals surface area contributed by atoms with Gasteiger partial charge in [0.05, 0.1) is 23.1 Å². The summed E-state index contributed by atoms with van der Waals surface area (Å²) < 4.78 is 15.4. The largest absolute Gasteiger partial charge is 0.345 e. The summed E-state index contributed by atoms with van der Waals surface area (Å²) in [7, 11) is 1.74. The van der Waals surface area contributed by atoms with Crippen LogP contribution in [0.3, 0.4) is 0 Å². The fraction of sp³-hybridized carbons (Fsp3) is 0.316. The fourth-order valence-electron chi connectivity index (χ4n) is 2.45. The van der Waals surface area contributed by atoms with Gasteiger partial charge in [0, 0.05) is 11.9 Å². The molecule has 0 spiro atoms. The van der Waals surface area contributed by atoms with E-state index in [0.717, 1.165) is 10.6 Å². The molecule has 0 aliphatic heterocycles. The number of hydrogen-bond acceptors (Lipinski definition) is 7. The second-order valence-electron chi connectivity index (χ2n) is 6.53. The van der Waals surface area contributed by atoms with E-state index in [4.69, 9.17) is 0 Å². The van der Waals surface area contributed by atoms with Crippen LogP contribution in [0.2, 0.25) is 0 Å². The Morgan fingerprint density at radius 3 is 2.67 bits per heavy atom. The van der Waals surface area contributed by atoms with Gasteiger partial charge in [-0.05, 0) is 32.9 Å². The van der Waals surface area contributed by atoms with Crippen molar-refractivity contribution in [2.24, 2.45) is 7.05 Å². The van der Waals surface area contributed by atoms with Crippen molar-refractivity contribution < 1.29 is 14.0 Å². The minimum Gasteiger partial charge on any atom is -0.345 e. The maximum atomic E-state index is 13.7. The van der Waals surface area contributed by atoms with Gasteiger partial charge in [0.25, 0.3) is 5.91 Å². The van der Waals surface area contributed by atoms with Crippen molar-refractivity contribution in [3.05, 3.63) is 52.0 Å². The van der Waals surface area contributed by atoms with Gasteiger partial charge in [-0.15, -0.1) is 21.5 Å². The molecule has 3 aromatic rings. The molecule has 158 valence electrons. The Balaban J connectivity index is 1.58. The molecule has 0 aliphatic carbocycles. The summed E-state index contributed by atoms with van der Waals surface area (Å²) >= 11 is 2.67. The van der Waals surface area contributed by atoms with E-state index >= 15 is 0 Å².